The van der Waals surface area contributed by atoms with Crippen LogP contribution in [-0.4, -0.2) is 30.7 Å². The molecule has 1 aromatic carbocycles. The highest BCUT2D eigenvalue weighted by molar-refractivity contribution is 6.05. The lowest BCUT2D eigenvalue weighted by molar-refractivity contribution is -0.120. The molecule has 4 rings (SSSR count). The van der Waals surface area contributed by atoms with E-state index in [-0.39, 0.29) is 30.1 Å². The molecule has 1 heterocycles. The Morgan fingerprint density at radius 3 is 2.63 bits per heavy atom. The predicted octanol–water partition coefficient (Wildman–Crippen LogP) is 5.70. The minimum absolute atomic E-state index is 0.0881. The molecule has 0 aromatic heterocycles. The lowest BCUT2D eigenvalue weighted by atomic mass is 9.96. The second-order valence-electron chi connectivity index (χ2n) is 9.07. The number of carbonyl (C=O) groups is 2. The predicted molar refractivity (Wildman–Crippen MR) is 121 cm³/mol. The van der Waals surface area contributed by atoms with Crippen LogP contribution in [0.4, 0.5) is 16.2 Å². The molecule has 1 aliphatic heterocycles. The van der Waals surface area contributed by atoms with Crippen LogP contribution < -0.4 is 9.80 Å². The van der Waals surface area contributed by atoms with Crippen molar-refractivity contribution in [1.82, 2.24) is 0 Å². The van der Waals surface area contributed by atoms with Crippen LogP contribution >= 0.6 is 0 Å². The molecule has 3 aliphatic rings. The van der Waals surface area contributed by atoms with E-state index in [0.29, 0.717) is 6.54 Å². The van der Waals surface area contributed by atoms with E-state index in [1.54, 1.807) is 4.90 Å². The first-order valence-corrected chi connectivity index (χ1v) is 11.2. The van der Waals surface area contributed by atoms with Gasteiger partial charge in [0.1, 0.15) is 0 Å². The number of carbonyl (C=O) groups excluding carboxylic acids is 2. The highest BCUT2D eigenvalue weighted by Gasteiger charge is 2.41. The number of amides is 2. The molecular formula is C25H32N2O3. The molecular weight excluding hydrogens is 376 g/mol. The Balaban J connectivity index is 1.79. The van der Waals surface area contributed by atoms with Crippen LogP contribution in [0.25, 0.3) is 5.57 Å². The zero-order valence-corrected chi connectivity index (χ0v) is 18.5. The van der Waals surface area contributed by atoms with Crippen molar-refractivity contribution in [2.45, 2.75) is 71.9 Å². The average molecular weight is 409 g/mol. The third kappa shape index (κ3) is 4.03. The van der Waals surface area contributed by atoms with E-state index in [2.05, 4.69) is 31.2 Å². The highest BCUT2D eigenvalue weighted by Crippen LogP contribution is 2.42. The van der Waals surface area contributed by atoms with Gasteiger partial charge in [0.05, 0.1) is 23.5 Å². The smallest absolute Gasteiger partial charge is 0.414 e. The van der Waals surface area contributed by atoms with Gasteiger partial charge in [-0.15, -0.1) is 0 Å². The van der Waals surface area contributed by atoms with Crippen molar-refractivity contribution in [2.24, 2.45) is 5.92 Å². The number of allylic oxidation sites excluding steroid dienone is 4. The van der Waals surface area contributed by atoms with Crippen molar-refractivity contribution in [2.75, 3.05) is 16.3 Å². The first-order chi connectivity index (χ1) is 14.4. The molecule has 0 N–H and O–H groups in total. The molecule has 160 valence electrons. The Morgan fingerprint density at radius 2 is 1.93 bits per heavy atom. The Kier molecular flexibility index (Phi) is 5.72. The minimum Gasteiger partial charge on any atom is -0.446 e. The molecule has 0 saturated heterocycles. The number of hydrogen-bond acceptors (Lipinski definition) is 3. The first kappa shape index (κ1) is 20.7. The van der Waals surface area contributed by atoms with Crippen molar-refractivity contribution in [1.29, 1.82) is 0 Å². The van der Waals surface area contributed by atoms with E-state index in [1.165, 1.54) is 11.1 Å². The maximum Gasteiger partial charge on any atom is 0.414 e. The van der Waals surface area contributed by atoms with Gasteiger partial charge in [-0.1, -0.05) is 23.8 Å². The zero-order chi connectivity index (χ0) is 21.4. The number of anilines is 2. The van der Waals surface area contributed by atoms with Gasteiger partial charge in [0.2, 0.25) is 5.91 Å². The molecule has 0 spiro atoms. The fourth-order valence-corrected chi connectivity index (χ4v) is 4.40. The second-order valence-corrected chi connectivity index (χ2v) is 9.07. The largest absolute Gasteiger partial charge is 0.446 e. The number of benzene rings is 1. The summed E-state index contributed by atoms with van der Waals surface area (Å²) in [5, 5.41) is 0. The molecule has 2 amide bonds. The molecule has 5 heteroatoms. The number of ether oxygens (including phenoxy) is 1. The first-order valence-electron chi connectivity index (χ1n) is 11.2. The molecule has 1 aromatic rings. The Hall–Kier alpha value is -2.56. The lowest BCUT2D eigenvalue weighted by Crippen LogP contribution is -2.52. The molecule has 1 saturated carbocycles. The number of rotatable bonds is 3. The van der Waals surface area contributed by atoms with Gasteiger partial charge in [-0.05, 0) is 83.1 Å². The van der Waals surface area contributed by atoms with E-state index in [0.717, 1.165) is 49.0 Å². The number of fused-ring (bicyclic) bond motifs is 1. The average Bonchev–Trinajstić information content (AvgIpc) is 3.54. The molecule has 30 heavy (non-hydrogen) atoms. The topological polar surface area (TPSA) is 49.9 Å². The van der Waals surface area contributed by atoms with Gasteiger partial charge in [0.25, 0.3) is 0 Å². The fourth-order valence-electron chi connectivity index (χ4n) is 4.40. The Morgan fingerprint density at radius 1 is 1.17 bits per heavy atom. The number of hydrogen-bond donors (Lipinski definition) is 0. The summed E-state index contributed by atoms with van der Waals surface area (Å²) in [5.74, 6) is 0.307. The van der Waals surface area contributed by atoms with Crippen LogP contribution in [0.5, 0.6) is 0 Å². The summed E-state index contributed by atoms with van der Waals surface area (Å²) < 4.78 is 5.53. The Labute approximate surface area is 179 Å². The fraction of sp³-hybridized carbons (Fsp3) is 0.520. The summed E-state index contributed by atoms with van der Waals surface area (Å²) >= 11 is 0. The van der Waals surface area contributed by atoms with Gasteiger partial charge in [-0.25, -0.2) is 4.79 Å². The van der Waals surface area contributed by atoms with Crippen molar-refractivity contribution in [3.8, 4) is 0 Å². The molecule has 1 atom stereocenters. The van der Waals surface area contributed by atoms with E-state index in [1.807, 2.05) is 31.7 Å². The van der Waals surface area contributed by atoms with Crippen LogP contribution in [0.2, 0.25) is 0 Å². The standard InChI is InChI=1S/C25H32N2O3/c1-16(2)30-25(29)26-15-18(4)27(24(28)19-10-11-19)22-13-12-20(14-23(22)26)21-9-7-5-6-8-17(21)3/h7,9,12-14,16,18-19H,5-6,8,10-11,15H2,1-4H3/t18-/m0/s1. The number of nitrogens with zero attached hydrogens (tertiary/aromatic N) is 2. The SMILES string of the molecule is CC1=C(c2ccc3c(c2)N(C(=O)OC(C)C)C[C@H](C)N3C(=O)C2CC2)C=CCCC1. The summed E-state index contributed by atoms with van der Waals surface area (Å²) in [7, 11) is 0. The van der Waals surface area contributed by atoms with Gasteiger partial charge in [-0.3, -0.25) is 9.69 Å². The summed E-state index contributed by atoms with van der Waals surface area (Å²) in [6.45, 7) is 8.34. The molecule has 0 unspecified atom stereocenters. The summed E-state index contributed by atoms with van der Waals surface area (Å²) in [6.07, 6.45) is 9.11. The van der Waals surface area contributed by atoms with Gasteiger partial charge in [0.15, 0.2) is 0 Å². The van der Waals surface area contributed by atoms with Crippen LogP contribution in [0.3, 0.4) is 0 Å². The third-order valence-corrected chi connectivity index (χ3v) is 6.11. The molecule has 0 bridgehead atoms. The summed E-state index contributed by atoms with van der Waals surface area (Å²) in [5.41, 5.74) is 5.23. The van der Waals surface area contributed by atoms with Crippen LogP contribution in [0, 0.1) is 5.92 Å². The quantitative estimate of drug-likeness (QED) is 0.645. The maximum absolute atomic E-state index is 13.0. The monoisotopic (exact) mass is 408 g/mol. The van der Waals surface area contributed by atoms with Crippen molar-refractivity contribution < 1.29 is 14.3 Å². The molecule has 2 aliphatic carbocycles. The normalized spacial score (nSPS) is 21.6. The van der Waals surface area contributed by atoms with Crippen molar-refractivity contribution >= 4 is 28.9 Å². The van der Waals surface area contributed by atoms with E-state index < -0.39 is 0 Å². The minimum atomic E-state index is -0.351. The van der Waals surface area contributed by atoms with Crippen LogP contribution in [0.15, 0.2) is 35.9 Å². The highest BCUT2D eigenvalue weighted by atomic mass is 16.6. The Bertz CT molecular complexity index is 911. The summed E-state index contributed by atoms with van der Waals surface area (Å²) in [4.78, 5) is 29.6. The molecule has 0 radical (unpaired) electrons. The lowest BCUT2D eigenvalue weighted by Gasteiger charge is -2.41. The van der Waals surface area contributed by atoms with Crippen LogP contribution in [-0.2, 0) is 9.53 Å². The van der Waals surface area contributed by atoms with E-state index >= 15 is 0 Å². The molecule has 5 nitrogen and oxygen atoms in total. The van der Waals surface area contributed by atoms with E-state index in [9.17, 15) is 9.59 Å². The van der Waals surface area contributed by atoms with Gasteiger partial charge in [0, 0.05) is 12.5 Å². The zero-order valence-electron chi connectivity index (χ0n) is 18.5. The van der Waals surface area contributed by atoms with Crippen LogP contribution in [0.1, 0.15) is 65.4 Å². The second kappa shape index (κ2) is 8.29. The van der Waals surface area contributed by atoms with Crippen molar-refractivity contribution in [3.05, 3.63) is 41.5 Å². The van der Waals surface area contributed by atoms with Gasteiger partial charge in [-0.2, -0.15) is 0 Å². The third-order valence-electron chi connectivity index (χ3n) is 6.11. The summed E-state index contributed by atoms with van der Waals surface area (Å²) in [6, 6.07) is 6.07. The van der Waals surface area contributed by atoms with Crippen molar-refractivity contribution in [3.63, 3.8) is 0 Å². The van der Waals surface area contributed by atoms with E-state index in [4.69, 9.17) is 4.74 Å². The maximum atomic E-state index is 13.0. The van der Waals surface area contributed by atoms with Gasteiger partial charge >= 0.3 is 6.09 Å². The van der Waals surface area contributed by atoms with Gasteiger partial charge < -0.3 is 9.64 Å². The molecule has 1 fully saturated rings.